The molecule has 0 radical (unpaired) electrons. The van der Waals surface area contributed by atoms with E-state index in [1.165, 1.54) is 6.20 Å². The van der Waals surface area contributed by atoms with Gasteiger partial charge in [0.25, 0.3) is 0 Å². The fourth-order valence-corrected chi connectivity index (χ4v) is 4.20. The van der Waals surface area contributed by atoms with Crippen molar-refractivity contribution in [1.29, 1.82) is 5.41 Å². The van der Waals surface area contributed by atoms with Gasteiger partial charge in [-0.2, -0.15) is 0 Å². The van der Waals surface area contributed by atoms with Crippen molar-refractivity contribution < 1.29 is 12.9 Å². The average molecular weight is 565 g/mol. The smallest absolute Gasteiger partial charge is 0.192 e. The second kappa shape index (κ2) is 12.0. The van der Waals surface area contributed by atoms with Crippen LogP contribution in [-0.4, -0.2) is 46.8 Å². The Morgan fingerprint density at radius 1 is 1.00 bits per heavy atom. The van der Waals surface area contributed by atoms with Crippen LogP contribution in [0.5, 0.6) is 0 Å². The summed E-state index contributed by atoms with van der Waals surface area (Å²) >= 11 is 0. The van der Waals surface area contributed by atoms with Crippen molar-refractivity contribution in [2.45, 2.75) is 24.0 Å². The van der Waals surface area contributed by atoms with E-state index in [1.807, 2.05) is 0 Å². The monoisotopic (exact) mass is 564 g/mol. The quantitative estimate of drug-likeness (QED) is 0.197. The van der Waals surface area contributed by atoms with Crippen LogP contribution in [0.1, 0.15) is 13.8 Å². The molecule has 0 aliphatic heterocycles. The largest absolute Gasteiger partial charge is 0.382 e. The number of sulfone groups is 1. The first kappa shape index (κ1) is 29.5. The van der Waals surface area contributed by atoms with Crippen LogP contribution in [0.15, 0.2) is 64.3 Å². The molecule has 37 heavy (non-hydrogen) atoms. The van der Waals surface area contributed by atoms with Gasteiger partial charge in [-0.15, -0.1) is 24.8 Å². The van der Waals surface area contributed by atoms with E-state index >= 15 is 0 Å². The highest BCUT2D eigenvalue weighted by Gasteiger charge is 2.20. The number of nitrogens with zero attached hydrogens (tertiary/aromatic N) is 4. The number of nitrogens with one attached hydrogen (secondary N) is 3. The van der Waals surface area contributed by atoms with Crippen molar-refractivity contribution in [2.24, 2.45) is 0 Å². The van der Waals surface area contributed by atoms with Crippen LogP contribution >= 0.6 is 24.8 Å². The Balaban J connectivity index is 0.00000241. The fourth-order valence-electron chi connectivity index (χ4n) is 3.14. The number of nitrogens with two attached hydrogens (primary N) is 1. The van der Waals surface area contributed by atoms with Crippen LogP contribution in [0.2, 0.25) is 0 Å². The van der Waals surface area contributed by atoms with Gasteiger partial charge in [0.2, 0.25) is 0 Å². The number of nitrogen functional groups attached to an aromatic ring is 1. The summed E-state index contributed by atoms with van der Waals surface area (Å²) in [4.78, 5) is 13.4. The van der Waals surface area contributed by atoms with Gasteiger partial charge in [-0.25, -0.2) is 18.4 Å². The number of guanidine groups is 1. The highest BCUT2D eigenvalue weighted by atomic mass is 35.5. The zero-order valence-corrected chi connectivity index (χ0v) is 22.5. The van der Waals surface area contributed by atoms with E-state index in [0.717, 1.165) is 0 Å². The zero-order chi connectivity index (χ0) is 25.2. The second-order valence-electron chi connectivity index (χ2n) is 7.87. The molecule has 4 aromatic rings. The van der Waals surface area contributed by atoms with E-state index in [0.29, 0.717) is 39.8 Å². The van der Waals surface area contributed by atoms with Gasteiger partial charge in [-0.3, -0.25) is 10.4 Å². The summed E-state index contributed by atoms with van der Waals surface area (Å²) in [6.07, 6.45) is 3.09. The third-order valence-electron chi connectivity index (χ3n) is 5.19. The summed E-state index contributed by atoms with van der Waals surface area (Å²) in [5.74, 6) is 0.619. The average Bonchev–Trinajstić information content (AvgIpc) is 3.35. The van der Waals surface area contributed by atoms with Crippen molar-refractivity contribution in [3.8, 4) is 34.1 Å². The molecular formula is C23H26Cl2N8O3S. The molecule has 4 rings (SSSR count). The van der Waals surface area contributed by atoms with E-state index in [1.54, 1.807) is 69.6 Å². The molecule has 0 saturated heterocycles. The lowest BCUT2D eigenvalue weighted by atomic mass is 10.1. The first-order valence-corrected chi connectivity index (χ1v) is 12.2. The number of halogens is 2. The van der Waals surface area contributed by atoms with Crippen LogP contribution in [0.4, 0.5) is 11.5 Å². The van der Waals surface area contributed by atoms with Gasteiger partial charge >= 0.3 is 0 Å². The van der Waals surface area contributed by atoms with E-state index in [-0.39, 0.29) is 41.5 Å². The van der Waals surface area contributed by atoms with Crippen LogP contribution in [-0.2, 0) is 9.84 Å². The molecule has 1 aromatic carbocycles. The summed E-state index contributed by atoms with van der Waals surface area (Å²) in [5.41, 5.74) is 9.22. The van der Waals surface area contributed by atoms with Gasteiger partial charge in [0.15, 0.2) is 33.1 Å². The SMILES string of the molecule is CNC(=N)Nc1ccc(-c2cc(-c3nc(-c4ccc(S(=O)(=O)C(C)C)cc4)cnc3N)on2)nc1.Cl.Cl. The molecule has 0 saturated carbocycles. The third kappa shape index (κ3) is 6.34. The number of hydrogen-bond acceptors (Lipinski definition) is 9. The lowest BCUT2D eigenvalue weighted by molar-refractivity contribution is 0.433. The molecule has 0 amide bonds. The Kier molecular flexibility index (Phi) is 9.56. The molecule has 0 aliphatic rings. The maximum absolute atomic E-state index is 12.4. The highest BCUT2D eigenvalue weighted by molar-refractivity contribution is 7.92. The predicted octanol–water partition coefficient (Wildman–Crippen LogP) is 4.03. The molecular weight excluding hydrogens is 539 g/mol. The summed E-state index contributed by atoms with van der Waals surface area (Å²) in [5, 5.41) is 16.7. The molecule has 0 fully saturated rings. The standard InChI is InChI=1S/C23H24N8O3S.2ClH/c1-13(2)35(32,33)16-7-4-14(5-8-16)19-12-28-22(24)21(30-19)20-10-18(31-34-20)17-9-6-15(11-27-17)29-23(25)26-3;;/h4-13H,1-3H3,(H2,24,28)(H3,25,26,29);2*1H. The first-order valence-electron chi connectivity index (χ1n) is 10.6. The zero-order valence-electron chi connectivity index (χ0n) is 20.1. The van der Waals surface area contributed by atoms with Crippen molar-refractivity contribution in [1.82, 2.24) is 25.4 Å². The number of pyridine rings is 1. The Labute approximate surface area is 226 Å². The van der Waals surface area contributed by atoms with Crippen LogP contribution < -0.4 is 16.4 Å². The maximum Gasteiger partial charge on any atom is 0.192 e. The first-order chi connectivity index (χ1) is 16.7. The maximum atomic E-state index is 12.4. The van der Waals surface area contributed by atoms with E-state index in [4.69, 9.17) is 15.7 Å². The van der Waals surface area contributed by atoms with E-state index in [2.05, 4.69) is 30.7 Å². The highest BCUT2D eigenvalue weighted by Crippen LogP contribution is 2.30. The number of anilines is 2. The second-order valence-corrected chi connectivity index (χ2v) is 10.4. The number of hydrogen-bond donors (Lipinski definition) is 4. The Morgan fingerprint density at radius 2 is 1.70 bits per heavy atom. The van der Waals surface area contributed by atoms with Crippen LogP contribution in [0.3, 0.4) is 0 Å². The molecule has 5 N–H and O–H groups in total. The summed E-state index contributed by atoms with van der Waals surface area (Å²) in [7, 11) is -1.73. The molecule has 14 heteroatoms. The lowest BCUT2D eigenvalue weighted by Crippen LogP contribution is -2.25. The minimum Gasteiger partial charge on any atom is -0.382 e. The molecule has 196 valence electrons. The van der Waals surface area contributed by atoms with E-state index in [9.17, 15) is 8.42 Å². The fraction of sp³-hybridized carbons (Fsp3) is 0.174. The van der Waals surface area contributed by atoms with Crippen LogP contribution in [0.25, 0.3) is 34.1 Å². The van der Waals surface area contributed by atoms with Crippen molar-refractivity contribution in [2.75, 3.05) is 18.1 Å². The van der Waals surface area contributed by atoms with Gasteiger partial charge in [0, 0.05) is 18.7 Å². The van der Waals surface area contributed by atoms with Gasteiger partial charge in [-0.05, 0) is 38.1 Å². The van der Waals surface area contributed by atoms with Crippen molar-refractivity contribution in [3.05, 3.63) is 54.9 Å². The van der Waals surface area contributed by atoms with Gasteiger partial charge < -0.3 is 20.9 Å². The van der Waals surface area contributed by atoms with Crippen molar-refractivity contribution >= 4 is 52.1 Å². The van der Waals surface area contributed by atoms with Gasteiger partial charge in [0.1, 0.15) is 5.69 Å². The Bertz CT molecular complexity index is 1470. The lowest BCUT2D eigenvalue weighted by Gasteiger charge is -2.09. The normalized spacial score (nSPS) is 10.8. The molecule has 0 unspecified atom stereocenters. The van der Waals surface area contributed by atoms with Gasteiger partial charge in [0.05, 0.1) is 39.6 Å². The number of benzene rings is 1. The summed E-state index contributed by atoms with van der Waals surface area (Å²) in [6, 6.07) is 11.6. The van der Waals surface area contributed by atoms with Gasteiger partial charge in [-0.1, -0.05) is 17.3 Å². The molecule has 0 aliphatic carbocycles. The van der Waals surface area contributed by atoms with E-state index < -0.39 is 15.1 Å². The number of aromatic nitrogens is 4. The predicted molar refractivity (Wildman–Crippen MR) is 148 cm³/mol. The molecule has 3 aromatic heterocycles. The molecule has 0 atom stereocenters. The molecule has 0 bridgehead atoms. The molecule has 11 nitrogen and oxygen atoms in total. The minimum atomic E-state index is -3.37. The Morgan fingerprint density at radius 3 is 2.30 bits per heavy atom. The summed E-state index contributed by atoms with van der Waals surface area (Å²) in [6.45, 7) is 3.28. The molecule has 0 spiro atoms. The number of rotatable bonds is 6. The van der Waals surface area contributed by atoms with Crippen LogP contribution in [0, 0.1) is 5.41 Å². The topological polar surface area (TPSA) is 173 Å². The summed E-state index contributed by atoms with van der Waals surface area (Å²) < 4.78 is 30.2. The molecule has 3 heterocycles. The Hall–Kier alpha value is -3.74. The van der Waals surface area contributed by atoms with Crippen molar-refractivity contribution in [3.63, 3.8) is 0 Å². The minimum absolute atomic E-state index is 0. The third-order valence-corrected chi connectivity index (χ3v) is 7.36.